The average Bonchev–Trinajstić information content (AvgIpc) is 3.17. The maximum Gasteiger partial charge on any atom is 0.257 e. The molecule has 2 N–H and O–H groups in total. The molecule has 8 nitrogen and oxygen atoms in total. The Morgan fingerprint density at radius 2 is 1.79 bits per heavy atom. The van der Waals surface area contributed by atoms with Gasteiger partial charge >= 0.3 is 0 Å². The topological polar surface area (TPSA) is 94.6 Å². The lowest BCUT2D eigenvalue weighted by molar-refractivity contribution is 0.0977. The Hall–Kier alpha value is -2.69. The predicted octanol–water partition coefficient (Wildman–Crippen LogP) is 3.50. The molecule has 3 aromatic rings. The van der Waals surface area contributed by atoms with E-state index in [4.69, 9.17) is 38.0 Å². The van der Waals surface area contributed by atoms with Crippen molar-refractivity contribution in [1.29, 1.82) is 0 Å². The number of nitrogens with one attached hydrogen (secondary N) is 2. The van der Waals surface area contributed by atoms with Gasteiger partial charge in [-0.1, -0.05) is 11.6 Å². The van der Waals surface area contributed by atoms with Crippen LogP contribution in [0.2, 0.25) is 5.02 Å². The number of carbonyl (C=O) groups excluding carboxylic acids is 1. The molecule has 1 heterocycles. The average molecular weight is 439 g/mol. The predicted molar refractivity (Wildman–Crippen MR) is 112 cm³/mol. The fourth-order valence-electron chi connectivity index (χ4n) is 2.48. The fraction of sp³-hybridized carbons (Fsp3) is 0.176. The zero-order chi connectivity index (χ0) is 20.3. The monoisotopic (exact) mass is 438 g/mol. The van der Waals surface area contributed by atoms with E-state index in [2.05, 4.69) is 19.4 Å². The number of aromatic nitrogens is 2. The molecule has 146 valence electrons. The SMILES string of the molecule is COc1cc(C(=O)NC(=S)Nc2c(Cl)ccc3nsnc23)cc(OC)c1OC. The van der Waals surface area contributed by atoms with Crippen LogP contribution in [0.25, 0.3) is 11.0 Å². The zero-order valence-corrected chi connectivity index (χ0v) is 17.4. The van der Waals surface area contributed by atoms with Crippen molar-refractivity contribution in [2.24, 2.45) is 0 Å². The van der Waals surface area contributed by atoms with Gasteiger partial charge < -0.3 is 19.5 Å². The van der Waals surface area contributed by atoms with Gasteiger partial charge in [-0.25, -0.2) is 0 Å². The van der Waals surface area contributed by atoms with E-state index in [1.165, 1.54) is 33.5 Å². The van der Waals surface area contributed by atoms with Crippen LogP contribution < -0.4 is 24.8 Å². The number of methoxy groups -OCH3 is 3. The second kappa shape index (κ2) is 8.55. The highest BCUT2D eigenvalue weighted by Gasteiger charge is 2.18. The molecule has 3 rings (SSSR count). The standard InChI is InChI=1S/C17H15ClN4O4S2/c1-24-11-6-8(7-12(25-2)15(11)26-3)16(23)20-17(27)19-13-9(18)4-5-10-14(13)22-28-21-10/h4-7H,1-3H3,(H2,19,20,23,27). The van der Waals surface area contributed by atoms with Gasteiger partial charge in [-0.15, -0.1) is 0 Å². The van der Waals surface area contributed by atoms with Gasteiger partial charge in [0.15, 0.2) is 16.6 Å². The van der Waals surface area contributed by atoms with Crippen molar-refractivity contribution < 1.29 is 19.0 Å². The summed E-state index contributed by atoms with van der Waals surface area (Å²) < 4.78 is 24.1. The summed E-state index contributed by atoms with van der Waals surface area (Å²) in [6.07, 6.45) is 0. The van der Waals surface area contributed by atoms with E-state index in [0.29, 0.717) is 39.0 Å². The molecule has 0 radical (unpaired) electrons. The van der Waals surface area contributed by atoms with Gasteiger partial charge in [-0.05, 0) is 36.5 Å². The summed E-state index contributed by atoms with van der Waals surface area (Å²) in [4.78, 5) is 12.6. The number of halogens is 1. The summed E-state index contributed by atoms with van der Waals surface area (Å²) in [5, 5.41) is 5.96. The number of amides is 1. The van der Waals surface area contributed by atoms with Crippen LogP contribution in [0.3, 0.4) is 0 Å². The third-order valence-electron chi connectivity index (χ3n) is 3.77. The Morgan fingerprint density at radius 3 is 2.39 bits per heavy atom. The molecular formula is C17H15ClN4O4S2. The molecule has 28 heavy (non-hydrogen) atoms. The third-order valence-corrected chi connectivity index (χ3v) is 4.83. The minimum atomic E-state index is -0.462. The van der Waals surface area contributed by atoms with Crippen LogP contribution in [-0.2, 0) is 0 Å². The fourth-order valence-corrected chi connectivity index (χ4v) is 3.42. The van der Waals surface area contributed by atoms with Crippen LogP contribution in [0.4, 0.5) is 5.69 Å². The highest BCUT2D eigenvalue weighted by molar-refractivity contribution is 7.80. The minimum Gasteiger partial charge on any atom is -0.493 e. The Bertz CT molecular complexity index is 1030. The molecule has 0 aliphatic rings. The number of anilines is 1. The molecule has 0 atom stereocenters. The Morgan fingerprint density at radius 1 is 1.11 bits per heavy atom. The van der Waals surface area contributed by atoms with Gasteiger partial charge in [0.2, 0.25) is 5.75 Å². The van der Waals surface area contributed by atoms with Crippen LogP contribution in [0.15, 0.2) is 24.3 Å². The van der Waals surface area contributed by atoms with Crippen molar-refractivity contribution in [3.63, 3.8) is 0 Å². The van der Waals surface area contributed by atoms with Crippen LogP contribution in [0, 0.1) is 0 Å². The normalized spacial score (nSPS) is 10.4. The van der Waals surface area contributed by atoms with Crippen molar-refractivity contribution >= 4 is 63.3 Å². The molecule has 0 spiro atoms. The van der Waals surface area contributed by atoms with E-state index in [0.717, 1.165) is 11.7 Å². The molecular weight excluding hydrogens is 424 g/mol. The molecule has 0 fully saturated rings. The van der Waals surface area contributed by atoms with Gasteiger partial charge in [0, 0.05) is 5.56 Å². The summed E-state index contributed by atoms with van der Waals surface area (Å²) in [5.74, 6) is 0.632. The summed E-state index contributed by atoms with van der Waals surface area (Å²) >= 11 is 12.5. The number of ether oxygens (including phenoxy) is 3. The second-order valence-electron chi connectivity index (χ2n) is 5.38. The van der Waals surface area contributed by atoms with Crippen molar-refractivity contribution in [2.45, 2.75) is 0 Å². The number of thiocarbonyl (C=S) groups is 1. The van der Waals surface area contributed by atoms with Crippen molar-refractivity contribution in [3.8, 4) is 17.2 Å². The molecule has 1 aromatic heterocycles. The van der Waals surface area contributed by atoms with E-state index in [1.54, 1.807) is 12.1 Å². The Balaban J connectivity index is 1.82. The summed E-state index contributed by atoms with van der Waals surface area (Å²) in [7, 11) is 4.42. The highest BCUT2D eigenvalue weighted by atomic mass is 35.5. The quantitative estimate of drug-likeness (QED) is 0.584. The molecule has 0 unspecified atom stereocenters. The first kappa shape index (κ1) is 20.1. The first-order valence-corrected chi connectivity index (χ1v) is 9.33. The van der Waals surface area contributed by atoms with E-state index in [9.17, 15) is 4.79 Å². The van der Waals surface area contributed by atoms with Gasteiger partial charge in [0.25, 0.3) is 5.91 Å². The molecule has 1 amide bonds. The zero-order valence-electron chi connectivity index (χ0n) is 15.0. The maximum atomic E-state index is 12.6. The van der Waals surface area contributed by atoms with Crippen molar-refractivity contribution in [3.05, 3.63) is 34.9 Å². The lowest BCUT2D eigenvalue weighted by atomic mass is 10.1. The summed E-state index contributed by atoms with van der Waals surface area (Å²) in [6, 6.07) is 6.48. The lowest BCUT2D eigenvalue weighted by Crippen LogP contribution is -2.34. The number of rotatable bonds is 5. The van der Waals surface area contributed by atoms with Crippen molar-refractivity contribution in [1.82, 2.24) is 14.1 Å². The number of hydrogen-bond donors (Lipinski definition) is 2. The van der Waals surface area contributed by atoms with Gasteiger partial charge in [-0.2, -0.15) is 8.75 Å². The van der Waals surface area contributed by atoms with Crippen LogP contribution >= 0.6 is 35.5 Å². The Kier molecular flexibility index (Phi) is 6.12. The van der Waals surface area contributed by atoms with Crippen LogP contribution in [0.5, 0.6) is 17.2 Å². The van der Waals surface area contributed by atoms with E-state index >= 15 is 0 Å². The molecule has 0 saturated heterocycles. The molecule has 2 aromatic carbocycles. The van der Waals surface area contributed by atoms with Gasteiger partial charge in [0.05, 0.1) is 43.8 Å². The number of nitrogens with zero attached hydrogens (tertiary/aromatic N) is 2. The van der Waals surface area contributed by atoms with E-state index in [1.807, 2.05) is 0 Å². The van der Waals surface area contributed by atoms with Gasteiger partial charge in [0.1, 0.15) is 11.0 Å². The molecule has 0 aliphatic carbocycles. The van der Waals surface area contributed by atoms with Crippen LogP contribution in [0.1, 0.15) is 10.4 Å². The molecule has 0 saturated carbocycles. The minimum absolute atomic E-state index is 0.0566. The van der Waals surface area contributed by atoms with Crippen LogP contribution in [-0.4, -0.2) is 41.1 Å². The molecule has 11 heteroatoms. The summed E-state index contributed by atoms with van der Waals surface area (Å²) in [6.45, 7) is 0. The number of benzene rings is 2. The first-order valence-electron chi connectivity index (χ1n) is 7.81. The first-order chi connectivity index (χ1) is 13.5. The van der Waals surface area contributed by atoms with E-state index in [-0.39, 0.29) is 10.7 Å². The van der Waals surface area contributed by atoms with E-state index < -0.39 is 5.91 Å². The number of hydrogen-bond acceptors (Lipinski definition) is 8. The maximum absolute atomic E-state index is 12.6. The second-order valence-corrected chi connectivity index (χ2v) is 6.72. The molecule has 0 bridgehead atoms. The van der Waals surface area contributed by atoms with Crippen molar-refractivity contribution in [2.75, 3.05) is 26.6 Å². The number of carbonyl (C=O) groups is 1. The Labute approximate surface area is 175 Å². The highest BCUT2D eigenvalue weighted by Crippen LogP contribution is 2.38. The third kappa shape index (κ3) is 3.93. The van der Waals surface area contributed by atoms with Gasteiger partial charge in [-0.3, -0.25) is 10.1 Å². The smallest absolute Gasteiger partial charge is 0.257 e. The summed E-state index contributed by atoms with van der Waals surface area (Å²) in [5.41, 5.74) is 2.00. The number of fused-ring (bicyclic) bond motifs is 1. The lowest BCUT2D eigenvalue weighted by Gasteiger charge is -2.15. The largest absolute Gasteiger partial charge is 0.493 e. The molecule has 0 aliphatic heterocycles.